The molecule has 3 rings (SSSR count). The third kappa shape index (κ3) is 5.04. The molecule has 2 aromatic rings. The van der Waals surface area contributed by atoms with Crippen LogP contribution >= 0.6 is 15.9 Å². The summed E-state index contributed by atoms with van der Waals surface area (Å²) >= 11 is 3.37. The molecule has 1 saturated heterocycles. The maximum atomic E-state index is 13.4. The highest BCUT2D eigenvalue weighted by molar-refractivity contribution is 9.10. The Bertz CT molecular complexity index is 1010. The van der Waals surface area contributed by atoms with Gasteiger partial charge in [-0.3, -0.25) is 4.79 Å². The first-order valence-electron chi connectivity index (χ1n) is 9.97. The third-order valence-electron chi connectivity index (χ3n) is 5.34. The molecule has 2 aromatic carbocycles. The Kier molecular flexibility index (Phi) is 7.21. The molecular formula is C22H27BrN2O4S. The Labute approximate surface area is 186 Å². The van der Waals surface area contributed by atoms with Crippen LogP contribution in [0.4, 0.5) is 5.69 Å². The molecule has 0 spiro atoms. The number of nitrogens with zero attached hydrogens (tertiary/aromatic N) is 1. The smallest absolute Gasteiger partial charge is 0.246 e. The Balaban J connectivity index is 1.81. The fraction of sp³-hybridized carbons (Fsp3) is 0.409. The fourth-order valence-electron chi connectivity index (χ4n) is 3.55. The molecule has 30 heavy (non-hydrogen) atoms. The number of piperidine rings is 1. The standard InChI is InChI=1S/C22H27BrN2O4S/c1-15(2)16-6-11-20(29-3)21(13-16)30(27,28)25-12-4-5-17(14-25)22(26)24-19-9-7-18(23)8-10-19/h6-11,13,15,17H,4-5,12,14H2,1-3H3,(H,24,26)/t17-/m0/s1. The Morgan fingerprint density at radius 1 is 1.20 bits per heavy atom. The van der Waals surface area contributed by atoms with Gasteiger partial charge in [-0.2, -0.15) is 4.31 Å². The molecule has 162 valence electrons. The van der Waals surface area contributed by atoms with Crippen molar-refractivity contribution in [3.63, 3.8) is 0 Å². The number of nitrogens with one attached hydrogen (secondary N) is 1. The fourth-order valence-corrected chi connectivity index (χ4v) is 5.52. The molecule has 1 fully saturated rings. The summed E-state index contributed by atoms with van der Waals surface area (Å²) in [7, 11) is -2.32. The van der Waals surface area contributed by atoms with E-state index in [0.29, 0.717) is 30.8 Å². The molecule has 1 atom stereocenters. The summed E-state index contributed by atoms with van der Waals surface area (Å²) in [5, 5.41) is 2.89. The Morgan fingerprint density at radius 3 is 2.53 bits per heavy atom. The number of carbonyl (C=O) groups is 1. The van der Waals surface area contributed by atoms with E-state index in [1.807, 2.05) is 44.2 Å². The van der Waals surface area contributed by atoms with Crippen molar-refractivity contribution in [3.8, 4) is 5.75 Å². The number of halogens is 1. The third-order valence-corrected chi connectivity index (χ3v) is 7.75. The van der Waals surface area contributed by atoms with E-state index >= 15 is 0 Å². The maximum Gasteiger partial charge on any atom is 0.246 e. The zero-order valence-corrected chi connectivity index (χ0v) is 19.8. The van der Waals surface area contributed by atoms with Gasteiger partial charge >= 0.3 is 0 Å². The van der Waals surface area contributed by atoms with E-state index in [1.165, 1.54) is 11.4 Å². The summed E-state index contributed by atoms with van der Waals surface area (Å²) in [6.45, 7) is 4.57. The molecule has 0 saturated carbocycles. The van der Waals surface area contributed by atoms with Gasteiger partial charge in [0.25, 0.3) is 0 Å². The van der Waals surface area contributed by atoms with E-state index in [9.17, 15) is 13.2 Å². The van der Waals surface area contributed by atoms with Crippen LogP contribution in [0.25, 0.3) is 0 Å². The molecule has 1 aliphatic rings. The number of benzene rings is 2. The van der Waals surface area contributed by atoms with E-state index in [0.717, 1.165) is 10.0 Å². The Hall–Kier alpha value is -1.90. The highest BCUT2D eigenvalue weighted by Gasteiger charge is 2.35. The van der Waals surface area contributed by atoms with Crippen molar-refractivity contribution in [2.45, 2.75) is 37.5 Å². The summed E-state index contributed by atoms with van der Waals surface area (Å²) < 4.78 is 34.5. The number of amides is 1. The lowest BCUT2D eigenvalue weighted by Crippen LogP contribution is -2.43. The van der Waals surface area contributed by atoms with Crippen LogP contribution in [0.1, 0.15) is 38.2 Å². The normalized spacial score (nSPS) is 17.7. The van der Waals surface area contributed by atoms with E-state index in [1.54, 1.807) is 12.1 Å². The summed E-state index contributed by atoms with van der Waals surface area (Å²) in [5.74, 6) is -0.0620. The number of rotatable bonds is 6. The molecule has 0 aromatic heterocycles. The topological polar surface area (TPSA) is 75.7 Å². The molecular weight excluding hydrogens is 468 g/mol. The number of carbonyl (C=O) groups excluding carboxylic acids is 1. The zero-order valence-electron chi connectivity index (χ0n) is 17.4. The SMILES string of the molecule is COc1ccc(C(C)C)cc1S(=O)(=O)N1CCC[C@H](C(=O)Nc2ccc(Br)cc2)C1. The van der Waals surface area contributed by atoms with Crippen LogP contribution in [0.2, 0.25) is 0 Å². The van der Waals surface area contributed by atoms with E-state index in [4.69, 9.17) is 4.74 Å². The first-order chi connectivity index (χ1) is 14.2. The number of hydrogen-bond donors (Lipinski definition) is 1. The van der Waals surface area contributed by atoms with Gasteiger partial charge in [-0.1, -0.05) is 35.8 Å². The minimum absolute atomic E-state index is 0.153. The van der Waals surface area contributed by atoms with Crippen molar-refractivity contribution < 1.29 is 17.9 Å². The molecule has 0 unspecified atom stereocenters. The predicted octanol–water partition coefficient (Wildman–Crippen LogP) is 4.62. The van der Waals surface area contributed by atoms with Crippen LogP contribution in [0.15, 0.2) is 51.8 Å². The van der Waals surface area contributed by atoms with Crippen LogP contribution in [0, 0.1) is 5.92 Å². The minimum atomic E-state index is -3.78. The number of methoxy groups -OCH3 is 1. The largest absolute Gasteiger partial charge is 0.495 e. The molecule has 1 aliphatic heterocycles. The summed E-state index contributed by atoms with van der Waals surface area (Å²) in [6, 6.07) is 12.6. The summed E-state index contributed by atoms with van der Waals surface area (Å²) in [4.78, 5) is 12.9. The average Bonchev–Trinajstić information content (AvgIpc) is 2.74. The lowest BCUT2D eigenvalue weighted by molar-refractivity contribution is -0.120. The number of hydrogen-bond acceptors (Lipinski definition) is 4. The molecule has 1 heterocycles. The summed E-state index contributed by atoms with van der Waals surface area (Å²) in [5.41, 5.74) is 1.62. The van der Waals surface area contributed by atoms with Gasteiger partial charge in [0.1, 0.15) is 10.6 Å². The van der Waals surface area contributed by atoms with Crippen molar-refractivity contribution in [1.29, 1.82) is 0 Å². The number of sulfonamides is 1. The van der Waals surface area contributed by atoms with Crippen molar-refractivity contribution in [2.24, 2.45) is 5.92 Å². The van der Waals surface area contributed by atoms with Gasteiger partial charge in [-0.15, -0.1) is 0 Å². The molecule has 1 N–H and O–H groups in total. The van der Waals surface area contributed by atoms with Gasteiger partial charge < -0.3 is 10.1 Å². The van der Waals surface area contributed by atoms with E-state index in [2.05, 4.69) is 21.2 Å². The molecule has 1 amide bonds. The number of anilines is 1. The highest BCUT2D eigenvalue weighted by atomic mass is 79.9. The van der Waals surface area contributed by atoms with Gasteiger partial charge in [-0.25, -0.2) is 8.42 Å². The van der Waals surface area contributed by atoms with Crippen LogP contribution < -0.4 is 10.1 Å². The second-order valence-electron chi connectivity index (χ2n) is 7.76. The second kappa shape index (κ2) is 9.49. The summed E-state index contributed by atoms with van der Waals surface area (Å²) in [6.07, 6.45) is 1.28. The van der Waals surface area contributed by atoms with E-state index < -0.39 is 15.9 Å². The van der Waals surface area contributed by atoms with Gasteiger partial charge in [0.2, 0.25) is 15.9 Å². The van der Waals surface area contributed by atoms with Gasteiger partial charge in [0, 0.05) is 23.2 Å². The average molecular weight is 495 g/mol. The van der Waals surface area contributed by atoms with Crippen molar-refractivity contribution >= 4 is 37.5 Å². The van der Waals surface area contributed by atoms with E-state index in [-0.39, 0.29) is 23.3 Å². The van der Waals surface area contributed by atoms with Crippen molar-refractivity contribution in [2.75, 3.05) is 25.5 Å². The maximum absolute atomic E-state index is 13.4. The number of ether oxygens (including phenoxy) is 1. The molecule has 0 radical (unpaired) electrons. The lowest BCUT2D eigenvalue weighted by Gasteiger charge is -2.31. The van der Waals surface area contributed by atoms with Crippen LogP contribution in [-0.2, 0) is 14.8 Å². The van der Waals surface area contributed by atoms with Crippen molar-refractivity contribution in [3.05, 3.63) is 52.5 Å². The van der Waals surface area contributed by atoms with Crippen molar-refractivity contribution in [1.82, 2.24) is 4.31 Å². The second-order valence-corrected chi connectivity index (χ2v) is 10.6. The quantitative estimate of drug-likeness (QED) is 0.635. The monoisotopic (exact) mass is 494 g/mol. The van der Waals surface area contributed by atoms with Crippen LogP contribution in [0.5, 0.6) is 5.75 Å². The zero-order chi connectivity index (χ0) is 21.9. The first-order valence-corrected chi connectivity index (χ1v) is 12.2. The van der Waals surface area contributed by atoms with Crippen LogP contribution in [0.3, 0.4) is 0 Å². The minimum Gasteiger partial charge on any atom is -0.495 e. The predicted molar refractivity (Wildman–Crippen MR) is 121 cm³/mol. The van der Waals surface area contributed by atoms with Gasteiger partial charge in [-0.05, 0) is 60.7 Å². The molecule has 8 heteroatoms. The van der Waals surface area contributed by atoms with Crippen LogP contribution in [-0.4, -0.2) is 38.8 Å². The Morgan fingerprint density at radius 2 is 1.90 bits per heavy atom. The first kappa shape index (κ1) is 22.8. The lowest BCUT2D eigenvalue weighted by atomic mass is 9.99. The molecule has 0 bridgehead atoms. The van der Waals surface area contributed by atoms with Gasteiger partial charge in [0.05, 0.1) is 13.0 Å². The molecule has 6 nitrogen and oxygen atoms in total. The highest BCUT2D eigenvalue weighted by Crippen LogP contribution is 2.32. The van der Waals surface area contributed by atoms with Gasteiger partial charge in [0.15, 0.2) is 0 Å². The molecule has 0 aliphatic carbocycles.